The summed E-state index contributed by atoms with van der Waals surface area (Å²) in [5, 5.41) is 0.596. The van der Waals surface area contributed by atoms with Crippen molar-refractivity contribution < 1.29 is 14.2 Å². The van der Waals surface area contributed by atoms with E-state index in [1.807, 2.05) is 18.2 Å². The van der Waals surface area contributed by atoms with E-state index < -0.39 is 5.54 Å². The molecule has 1 unspecified atom stereocenters. The fraction of sp³-hybridized carbons (Fsp3) is 0.368. The zero-order valence-corrected chi connectivity index (χ0v) is 14.8. The Morgan fingerprint density at radius 3 is 2.92 bits per heavy atom. The number of aromatic nitrogens is 1. The maximum absolute atomic E-state index is 6.29. The second kappa shape index (κ2) is 5.86. The van der Waals surface area contributed by atoms with E-state index >= 15 is 0 Å². The van der Waals surface area contributed by atoms with E-state index in [0.29, 0.717) is 24.8 Å². The smallest absolute Gasteiger partial charge is 0.283 e. The summed E-state index contributed by atoms with van der Waals surface area (Å²) in [5.41, 5.74) is 8.24. The lowest BCUT2D eigenvalue weighted by atomic mass is 9.72. The van der Waals surface area contributed by atoms with E-state index in [0.717, 1.165) is 28.9 Å². The molecule has 2 aromatic rings. The number of ether oxygens (including phenoxy) is 3. The maximum Gasteiger partial charge on any atom is 0.283 e. The first-order valence-corrected chi connectivity index (χ1v) is 9.01. The molecule has 1 spiro atoms. The molecule has 1 aromatic carbocycles. The zero-order chi connectivity index (χ0) is 17.7. The molecule has 0 saturated carbocycles. The van der Waals surface area contributed by atoms with Crippen LogP contribution < -0.4 is 10.5 Å². The fourth-order valence-electron chi connectivity index (χ4n) is 4.16. The van der Waals surface area contributed by atoms with E-state index in [-0.39, 0.29) is 18.0 Å². The number of aliphatic imine (C=N–C) groups is 1. The van der Waals surface area contributed by atoms with Gasteiger partial charge in [-0.25, -0.2) is 4.99 Å². The van der Waals surface area contributed by atoms with Gasteiger partial charge in [0.25, 0.3) is 6.02 Å². The standard InChI is InChI=1S/C19H18ClN3O3/c20-13-5-12(7-22-8-13)11-1-2-16-14(6-11)19(10-25-18(21)23-19)15-9-24-4-3-17(15)26-16/h1-2,5-8,15,17H,3-4,9-10H2,(H2,21,23)/t15-,17?,19-/m1/s1. The molecule has 5 rings (SSSR count). The average molecular weight is 372 g/mol. The lowest BCUT2D eigenvalue weighted by molar-refractivity contribution is -0.0726. The minimum Gasteiger partial charge on any atom is -0.489 e. The zero-order valence-electron chi connectivity index (χ0n) is 14.0. The van der Waals surface area contributed by atoms with E-state index in [1.54, 1.807) is 12.4 Å². The lowest BCUT2D eigenvalue weighted by Crippen LogP contribution is -2.52. The molecule has 2 N–H and O–H groups in total. The van der Waals surface area contributed by atoms with Crippen LogP contribution in [0, 0.1) is 5.92 Å². The first kappa shape index (κ1) is 15.9. The SMILES string of the molecule is NC1=N[C@]2(CO1)c1cc(-c3cncc(Cl)c3)ccc1OC1CCOC[C@H]12. The average Bonchev–Trinajstić information content (AvgIpc) is 3.04. The van der Waals surface area contributed by atoms with Gasteiger partial charge >= 0.3 is 0 Å². The minimum absolute atomic E-state index is 0.0492. The monoisotopic (exact) mass is 371 g/mol. The van der Waals surface area contributed by atoms with Gasteiger partial charge in [0.05, 0.1) is 24.2 Å². The summed E-state index contributed by atoms with van der Waals surface area (Å²) in [5.74, 6) is 0.895. The Hall–Kier alpha value is -2.31. The van der Waals surface area contributed by atoms with E-state index in [1.165, 1.54) is 0 Å². The lowest BCUT2D eigenvalue weighted by Gasteiger charge is -2.45. The number of amidine groups is 1. The van der Waals surface area contributed by atoms with Crippen molar-refractivity contribution in [3.63, 3.8) is 0 Å². The van der Waals surface area contributed by atoms with E-state index in [9.17, 15) is 0 Å². The fourth-order valence-corrected chi connectivity index (χ4v) is 4.33. The van der Waals surface area contributed by atoms with E-state index in [4.69, 9.17) is 36.5 Å². The Balaban J connectivity index is 1.67. The van der Waals surface area contributed by atoms with Crippen molar-refractivity contribution in [1.82, 2.24) is 4.98 Å². The molecule has 1 fully saturated rings. The molecule has 6 nitrogen and oxygen atoms in total. The van der Waals surface area contributed by atoms with Gasteiger partial charge in [0, 0.05) is 29.9 Å². The van der Waals surface area contributed by atoms with Gasteiger partial charge in [0.1, 0.15) is 24.0 Å². The number of nitrogens with two attached hydrogens (primary N) is 1. The Morgan fingerprint density at radius 2 is 2.12 bits per heavy atom. The summed E-state index contributed by atoms with van der Waals surface area (Å²) in [4.78, 5) is 8.91. The normalized spacial score (nSPS) is 29.3. The molecule has 7 heteroatoms. The van der Waals surface area contributed by atoms with Gasteiger partial charge in [-0.3, -0.25) is 4.98 Å². The predicted octanol–water partition coefficient (Wildman–Crippen LogP) is 2.74. The summed E-state index contributed by atoms with van der Waals surface area (Å²) in [6, 6.07) is 8.20. The Labute approximate surface area is 155 Å². The number of benzene rings is 1. The highest BCUT2D eigenvalue weighted by molar-refractivity contribution is 6.30. The van der Waals surface area contributed by atoms with Crippen LogP contribution in [0.1, 0.15) is 12.0 Å². The number of fused-ring (bicyclic) bond motifs is 4. The maximum atomic E-state index is 6.29. The molecule has 0 amide bonds. The summed E-state index contributed by atoms with van der Waals surface area (Å²) in [6.45, 7) is 1.67. The molecule has 0 radical (unpaired) electrons. The van der Waals surface area contributed by atoms with E-state index in [2.05, 4.69) is 11.1 Å². The van der Waals surface area contributed by atoms with Crippen molar-refractivity contribution in [1.29, 1.82) is 0 Å². The summed E-state index contributed by atoms with van der Waals surface area (Å²) >= 11 is 6.11. The Bertz CT molecular complexity index is 903. The molecule has 3 aliphatic heterocycles. The van der Waals surface area contributed by atoms with Crippen LogP contribution in [0.25, 0.3) is 11.1 Å². The van der Waals surface area contributed by atoms with Crippen molar-refractivity contribution >= 4 is 17.6 Å². The first-order chi connectivity index (χ1) is 12.7. The Morgan fingerprint density at radius 1 is 1.19 bits per heavy atom. The van der Waals surface area contributed by atoms with Crippen molar-refractivity contribution in [2.75, 3.05) is 19.8 Å². The number of nitrogens with zero attached hydrogens (tertiary/aromatic N) is 2. The van der Waals surface area contributed by atoms with Gasteiger partial charge in [0.2, 0.25) is 0 Å². The van der Waals surface area contributed by atoms with Crippen LogP contribution in [0.15, 0.2) is 41.7 Å². The quantitative estimate of drug-likeness (QED) is 0.833. The van der Waals surface area contributed by atoms with Crippen LogP contribution in [0.4, 0.5) is 0 Å². The van der Waals surface area contributed by atoms with Gasteiger partial charge in [-0.2, -0.15) is 0 Å². The van der Waals surface area contributed by atoms with Crippen LogP contribution in [0.2, 0.25) is 5.02 Å². The molecule has 134 valence electrons. The molecule has 26 heavy (non-hydrogen) atoms. The summed E-state index contributed by atoms with van der Waals surface area (Å²) in [7, 11) is 0. The number of pyridine rings is 1. The third kappa shape index (κ3) is 2.36. The van der Waals surface area contributed by atoms with Crippen molar-refractivity contribution in [2.45, 2.75) is 18.1 Å². The molecule has 0 aliphatic carbocycles. The molecule has 1 aromatic heterocycles. The second-order valence-electron chi connectivity index (χ2n) is 6.89. The summed E-state index contributed by atoms with van der Waals surface area (Å²) in [6.07, 6.45) is 4.29. The highest BCUT2D eigenvalue weighted by Gasteiger charge is 2.54. The van der Waals surface area contributed by atoms with Gasteiger partial charge in [0.15, 0.2) is 0 Å². The van der Waals surface area contributed by atoms with Crippen molar-refractivity contribution in [3.8, 4) is 16.9 Å². The van der Waals surface area contributed by atoms with Crippen LogP contribution >= 0.6 is 11.6 Å². The molecule has 1 saturated heterocycles. The number of hydrogen-bond donors (Lipinski definition) is 1. The molecular weight excluding hydrogens is 354 g/mol. The largest absolute Gasteiger partial charge is 0.489 e. The van der Waals surface area contributed by atoms with Gasteiger partial charge in [-0.1, -0.05) is 17.7 Å². The van der Waals surface area contributed by atoms with Crippen LogP contribution in [0.3, 0.4) is 0 Å². The van der Waals surface area contributed by atoms with Crippen LogP contribution in [-0.2, 0) is 15.0 Å². The van der Waals surface area contributed by atoms with Crippen LogP contribution in [-0.4, -0.2) is 36.9 Å². The van der Waals surface area contributed by atoms with Gasteiger partial charge < -0.3 is 19.9 Å². The third-order valence-electron chi connectivity index (χ3n) is 5.42. The molecule has 0 bridgehead atoms. The highest BCUT2D eigenvalue weighted by atomic mass is 35.5. The van der Waals surface area contributed by atoms with Crippen molar-refractivity contribution in [3.05, 3.63) is 47.2 Å². The van der Waals surface area contributed by atoms with Crippen molar-refractivity contribution in [2.24, 2.45) is 16.6 Å². The predicted molar refractivity (Wildman–Crippen MR) is 97.3 cm³/mol. The van der Waals surface area contributed by atoms with Crippen LogP contribution in [0.5, 0.6) is 5.75 Å². The molecule has 3 aliphatic rings. The topological polar surface area (TPSA) is 79.0 Å². The second-order valence-corrected chi connectivity index (χ2v) is 7.33. The van der Waals surface area contributed by atoms with Gasteiger partial charge in [-0.05, 0) is 23.8 Å². The molecular formula is C19H18ClN3O3. The number of hydrogen-bond acceptors (Lipinski definition) is 6. The summed E-state index contributed by atoms with van der Waals surface area (Å²) < 4.78 is 17.6. The Kier molecular flexibility index (Phi) is 3.58. The number of rotatable bonds is 1. The highest BCUT2D eigenvalue weighted by Crippen LogP contribution is 2.50. The van der Waals surface area contributed by atoms with Gasteiger partial charge in [-0.15, -0.1) is 0 Å². The first-order valence-electron chi connectivity index (χ1n) is 8.64. The third-order valence-corrected chi connectivity index (χ3v) is 5.63. The molecule has 4 heterocycles. The number of halogens is 1. The molecule has 3 atom stereocenters. The minimum atomic E-state index is -0.579.